The van der Waals surface area contributed by atoms with Crippen LogP contribution in [0.2, 0.25) is 0 Å². The molecule has 18 heavy (non-hydrogen) atoms. The Balaban J connectivity index is 1.53. The second-order valence-electron chi connectivity index (χ2n) is 5.68. The monoisotopic (exact) mass is 250 g/mol. The third-order valence-corrected chi connectivity index (χ3v) is 4.11. The summed E-state index contributed by atoms with van der Waals surface area (Å²) in [6, 6.07) is 1.31. The van der Waals surface area contributed by atoms with Gasteiger partial charge in [0.2, 0.25) is 5.89 Å². The Bertz CT molecular complexity index is 401. The summed E-state index contributed by atoms with van der Waals surface area (Å²) < 4.78 is 5.01. The SMILES string of the molecule is Cc1nc(CCN2CC(C3CC3)NCC2C)no1. The fraction of sp³-hybridized carbons (Fsp3) is 0.846. The first kappa shape index (κ1) is 12.1. The first-order chi connectivity index (χ1) is 8.72. The summed E-state index contributed by atoms with van der Waals surface area (Å²) in [5.74, 6) is 2.42. The van der Waals surface area contributed by atoms with E-state index >= 15 is 0 Å². The first-order valence-electron chi connectivity index (χ1n) is 6.99. The lowest BCUT2D eigenvalue weighted by Gasteiger charge is -2.38. The van der Waals surface area contributed by atoms with Crippen LogP contribution >= 0.6 is 0 Å². The maximum atomic E-state index is 5.01. The van der Waals surface area contributed by atoms with Gasteiger partial charge in [-0.2, -0.15) is 4.98 Å². The molecular weight excluding hydrogens is 228 g/mol. The Morgan fingerprint density at radius 3 is 2.94 bits per heavy atom. The smallest absolute Gasteiger partial charge is 0.223 e. The van der Waals surface area contributed by atoms with E-state index in [9.17, 15) is 0 Å². The molecule has 2 fully saturated rings. The lowest BCUT2D eigenvalue weighted by Crippen LogP contribution is -2.56. The van der Waals surface area contributed by atoms with Crippen molar-refractivity contribution >= 4 is 0 Å². The standard InChI is InChI=1S/C13H22N4O/c1-9-7-14-12(11-3-4-11)8-17(9)6-5-13-15-10(2)18-16-13/h9,11-12,14H,3-8H2,1-2H3. The molecule has 0 amide bonds. The van der Waals surface area contributed by atoms with Gasteiger partial charge in [0.15, 0.2) is 5.82 Å². The van der Waals surface area contributed by atoms with Crippen LogP contribution in [-0.2, 0) is 6.42 Å². The fourth-order valence-corrected chi connectivity index (χ4v) is 2.76. The molecule has 5 heteroatoms. The van der Waals surface area contributed by atoms with Gasteiger partial charge >= 0.3 is 0 Å². The van der Waals surface area contributed by atoms with E-state index in [1.165, 1.54) is 19.4 Å². The predicted molar refractivity (Wildman–Crippen MR) is 68.3 cm³/mol. The summed E-state index contributed by atoms with van der Waals surface area (Å²) in [6.45, 7) is 7.44. The molecule has 3 rings (SSSR count). The van der Waals surface area contributed by atoms with Crippen LogP contribution in [0.25, 0.3) is 0 Å². The fourth-order valence-electron chi connectivity index (χ4n) is 2.76. The van der Waals surface area contributed by atoms with E-state index in [0.717, 1.165) is 31.3 Å². The van der Waals surface area contributed by atoms with Crippen molar-refractivity contribution in [1.82, 2.24) is 20.4 Å². The summed E-state index contributed by atoms with van der Waals surface area (Å²) in [5.41, 5.74) is 0. The van der Waals surface area contributed by atoms with Crippen LogP contribution in [-0.4, -0.2) is 46.8 Å². The van der Waals surface area contributed by atoms with Crippen molar-refractivity contribution in [3.05, 3.63) is 11.7 Å². The minimum atomic E-state index is 0.605. The number of piperazine rings is 1. The minimum absolute atomic E-state index is 0.605. The molecule has 1 N–H and O–H groups in total. The third-order valence-electron chi connectivity index (χ3n) is 4.11. The van der Waals surface area contributed by atoms with Gasteiger partial charge in [-0.1, -0.05) is 5.16 Å². The highest BCUT2D eigenvalue weighted by Crippen LogP contribution is 2.34. The Morgan fingerprint density at radius 1 is 1.44 bits per heavy atom. The molecule has 1 aromatic heterocycles. The lowest BCUT2D eigenvalue weighted by molar-refractivity contribution is 0.133. The van der Waals surface area contributed by atoms with Gasteiger partial charge in [-0.05, 0) is 25.7 Å². The third kappa shape index (κ3) is 2.72. The second kappa shape index (κ2) is 4.97. The van der Waals surface area contributed by atoms with Crippen LogP contribution in [0.3, 0.4) is 0 Å². The second-order valence-corrected chi connectivity index (χ2v) is 5.68. The van der Waals surface area contributed by atoms with Gasteiger partial charge in [-0.3, -0.25) is 4.90 Å². The molecule has 1 aromatic rings. The number of nitrogens with one attached hydrogen (secondary N) is 1. The van der Waals surface area contributed by atoms with Crippen molar-refractivity contribution in [1.29, 1.82) is 0 Å². The van der Waals surface area contributed by atoms with E-state index in [2.05, 4.69) is 27.3 Å². The zero-order valence-electron chi connectivity index (χ0n) is 11.2. The normalized spacial score (nSPS) is 29.7. The number of nitrogens with zero attached hydrogens (tertiary/aromatic N) is 3. The molecule has 1 aliphatic heterocycles. The van der Waals surface area contributed by atoms with Gasteiger partial charge in [-0.15, -0.1) is 0 Å². The van der Waals surface area contributed by atoms with Crippen LogP contribution in [0.5, 0.6) is 0 Å². The Labute approximate surface area is 108 Å². The number of aryl methyl sites for hydroxylation is 1. The van der Waals surface area contributed by atoms with Gasteiger partial charge in [0.05, 0.1) is 0 Å². The maximum Gasteiger partial charge on any atom is 0.223 e. The van der Waals surface area contributed by atoms with E-state index in [1.807, 2.05) is 6.92 Å². The lowest BCUT2D eigenvalue weighted by atomic mass is 10.1. The summed E-state index contributed by atoms with van der Waals surface area (Å²) in [5, 5.41) is 7.63. The van der Waals surface area contributed by atoms with Crippen LogP contribution in [0.1, 0.15) is 31.5 Å². The molecule has 100 valence electrons. The van der Waals surface area contributed by atoms with E-state index in [-0.39, 0.29) is 0 Å². The molecule has 0 aromatic carbocycles. The van der Waals surface area contributed by atoms with E-state index in [0.29, 0.717) is 18.0 Å². The molecule has 0 bridgehead atoms. The zero-order valence-corrected chi connectivity index (χ0v) is 11.2. The number of rotatable bonds is 4. The Kier molecular flexibility index (Phi) is 3.35. The zero-order chi connectivity index (χ0) is 12.5. The largest absolute Gasteiger partial charge is 0.340 e. The molecule has 1 saturated heterocycles. The molecule has 0 spiro atoms. The molecule has 2 atom stereocenters. The van der Waals surface area contributed by atoms with Crippen molar-refractivity contribution in [2.75, 3.05) is 19.6 Å². The highest BCUT2D eigenvalue weighted by molar-refractivity contribution is 4.94. The highest BCUT2D eigenvalue weighted by atomic mass is 16.5. The van der Waals surface area contributed by atoms with E-state index in [1.54, 1.807) is 0 Å². The van der Waals surface area contributed by atoms with Crippen molar-refractivity contribution in [2.45, 2.75) is 45.2 Å². The van der Waals surface area contributed by atoms with E-state index in [4.69, 9.17) is 4.52 Å². The topological polar surface area (TPSA) is 54.2 Å². The molecule has 2 heterocycles. The van der Waals surface area contributed by atoms with Crippen molar-refractivity contribution in [2.24, 2.45) is 5.92 Å². The number of aromatic nitrogens is 2. The maximum absolute atomic E-state index is 5.01. The Morgan fingerprint density at radius 2 is 2.28 bits per heavy atom. The predicted octanol–water partition coefficient (Wildman–Crippen LogP) is 0.993. The molecular formula is C13H22N4O. The van der Waals surface area contributed by atoms with Gasteiger partial charge in [0.1, 0.15) is 0 Å². The van der Waals surface area contributed by atoms with Crippen LogP contribution in [0.15, 0.2) is 4.52 Å². The summed E-state index contributed by atoms with van der Waals surface area (Å²) in [4.78, 5) is 6.83. The Hall–Kier alpha value is -0.940. The summed E-state index contributed by atoms with van der Waals surface area (Å²) in [7, 11) is 0. The number of hydrogen-bond acceptors (Lipinski definition) is 5. The average Bonchev–Trinajstić information content (AvgIpc) is 3.12. The summed E-state index contributed by atoms with van der Waals surface area (Å²) in [6.07, 6.45) is 3.70. The molecule has 2 aliphatic rings. The van der Waals surface area contributed by atoms with Crippen LogP contribution in [0, 0.1) is 12.8 Å². The van der Waals surface area contributed by atoms with Crippen LogP contribution < -0.4 is 5.32 Å². The van der Waals surface area contributed by atoms with Crippen LogP contribution in [0.4, 0.5) is 0 Å². The molecule has 0 radical (unpaired) electrons. The van der Waals surface area contributed by atoms with Crippen molar-refractivity contribution in [3.8, 4) is 0 Å². The van der Waals surface area contributed by atoms with Gasteiger partial charge in [0, 0.05) is 45.1 Å². The highest BCUT2D eigenvalue weighted by Gasteiger charge is 2.35. The first-order valence-corrected chi connectivity index (χ1v) is 6.99. The van der Waals surface area contributed by atoms with E-state index < -0.39 is 0 Å². The van der Waals surface area contributed by atoms with Crippen molar-refractivity contribution in [3.63, 3.8) is 0 Å². The van der Waals surface area contributed by atoms with Gasteiger partial charge in [-0.25, -0.2) is 0 Å². The minimum Gasteiger partial charge on any atom is -0.340 e. The quantitative estimate of drug-likeness (QED) is 0.863. The van der Waals surface area contributed by atoms with Gasteiger partial charge < -0.3 is 9.84 Å². The van der Waals surface area contributed by atoms with Gasteiger partial charge in [0.25, 0.3) is 0 Å². The average molecular weight is 250 g/mol. The molecule has 2 unspecified atom stereocenters. The van der Waals surface area contributed by atoms with Crippen molar-refractivity contribution < 1.29 is 4.52 Å². The summed E-state index contributed by atoms with van der Waals surface area (Å²) >= 11 is 0. The molecule has 1 saturated carbocycles. The number of hydrogen-bond donors (Lipinski definition) is 1. The molecule has 5 nitrogen and oxygen atoms in total. The molecule has 1 aliphatic carbocycles.